The molecule has 156 valence electrons. The molecule has 1 rings (SSSR count). The molecule has 5 atom stereocenters. The first-order chi connectivity index (χ1) is 12.6. The lowest BCUT2D eigenvalue weighted by atomic mass is 9.92. The first-order valence-corrected chi connectivity index (χ1v) is 10.6. The molecule has 1 heterocycles. The molecule has 1 aliphatic rings. The van der Waals surface area contributed by atoms with E-state index in [1.54, 1.807) is 0 Å². The van der Waals surface area contributed by atoms with Gasteiger partial charge >= 0.3 is 0 Å². The highest BCUT2D eigenvalue weighted by atomic mass is 16.5. The molecular formula is C20H41NO5. The van der Waals surface area contributed by atoms with Crippen LogP contribution in [0.1, 0.15) is 83.5 Å². The van der Waals surface area contributed by atoms with E-state index in [9.17, 15) is 20.4 Å². The van der Waals surface area contributed by atoms with E-state index in [1.165, 1.54) is 57.8 Å². The van der Waals surface area contributed by atoms with Crippen LogP contribution >= 0.6 is 0 Å². The number of aliphatic hydroxyl groups is 4. The van der Waals surface area contributed by atoms with Crippen LogP contribution < -0.4 is 5.73 Å². The summed E-state index contributed by atoms with van der Waals surface area (Å²) in [6.45, 7) is 0.463. The van der Waals surface area contributed by atoms with Gasteiger partial charge in [-0.05, 0) is 19.4 Å². The van der Waals surface area contributed by atoms with Crippen LogP contribution in [-0.4, -0.2) is 64.1 Å². The van der Waals surface area contributed by atoms with Crippen molar-refractivity contribution in [3.63, 3.8) is 0 Å². The number of nitrogens with two attached hydrogens (primary N) is 1. The number of unbranched alkanes of at least 4 members (excludes halogenated alkanes) is 11. The maximum Gasteiger partial charge on any atom is 0.111 e. The van der Waals surface area contributed by atoms with Gasteiger partial charge in [0.25, 0.3) is 0 Å². The second kappa shape index (κ2) is 14.8. The first kappa shape index (κ1) is 23.8. The maximum absolute atomic E-state index is 9.99. The Hall–Kier alpha value is -0.240. The normalized spacial score (nSPS) is 29.2. The van der Waals surface area contributed by atoms with Crippen LogP contribution in [0.2, 0.25) is 0 Å². The van der Waals surface area contributed by atoms with Crippen LogP contribution in [0.25, 0.3) is 0 Å². The van der Waals surface area contributed by atoms with Crippen molar-refractivity contribution in [3.8, 4) is 0 Å². The van der Waals surface area contributed by atoms with Crippen LogP contribution in [0.5, 0.6) is 0 Å². The molecule has 0 spiro atoms. The highest BCUT2D eigenvalue weighted by molar-refractivity contribution is 4.91. The minimum atomic E-state index is -1.25. The highest BCUT2D eigenvalue weighted by Crippen LogP contribution is 2.25. The summed E-state index contributed by atoms with van der Waals surface area (Å²) < 4.78 is 5.52. The average Bonchev–Trinajstić information content (AvgIpc) is 2.65. The van der Waals surface area contributed by atoms with E-state index in [2.05, 4.69) is 0 Å². The molecule has 0 aromatic carbocycles. The molecular weight excluding hydrogens is 334 g/mol. The molecule has 1 fully saturated rings. The fraction of sp³-hybridized carbons (Fsp3) is 1.00. The zero-order valence-electron chi connectivity index (χ0n) is 16.3. The summed E-state index contributed by atoms with van der Waals surface area (Å²) in [6, 6.07) is 0. The number of hydrogen-bond acceptors (Lipinski definition) is 6. The van der Waals surface area contributed by atoms with E-state index < -0.39 is 30.5 Å². The molecule has 1 aliphatic heterocycles. The van der Waals surface area contributed by atoms with E-state index in [1.807, 2.05) is 0 Å². The van der Waals surface area contributed by atoms with Crippen LogP contribution in [0.15, 0.2) is 0 Å². The van der Waals surface area contributed by atoms with Gasteiger partial charge in [-0.2, -0.15) is 0 Å². The van der Waals surface area contributed by atoms with Crippen LogP contribution in [0, 0.1) is 0 Å². The quantitative estimate of drug-likeness (QED) is 0.279. The molecule has 0 saturated carbocycles. The standard InChI is InChI=1S/C20H41NO5/c21-14-12-10-8-6-4-2-1-3-5-7-9-11-13-16-18(23)20(25)19(24)17(15-22)26-16/h16-20,22-25H,1-15,21H2/t16?,17-,18+,19+,20-/m1/s1. The SMILES string of the molecule is NCCCCCCCCCCCCCCC1O[C@H](CO)[C@H](O)[C@H](O)[C@H]1O. The zero-order chi connectivity index (χ0) is 19.2. The molecule has 1 saturated heterocycles. The van der Waals surface area contributed by atoms with Crippen LogP contribution in [-0.2, 0) is 4.74 Å². The van der Waals surface area contributed by atoms with Crippen molar-refractivity contribution in [2.75, 3.05) is 13.2 Å². The first-order valence-electron chi connectivity index (χ1n) is 10.6. The van der Waals surface area contributed by atoms with E-state index in [0.29, 0.717) is 6.42 Å². The summed E-state index contributed by atoms with van der Waals surface area (Å²) in [4.78, 5) is 0. The number of ether oxygens (including phenoxy) is 1. The molecule has 1 unspecified atom stereocenters. The summed E-state index contributed by atoms with van der Waals surface area (Å²) in [5.41, 5.74) is 5.48. The average molecular weight is 376 g/mol. The minimum Gasteiger partial charge on any atom is -0.394 e. The van der Waals surface area contributed by atoms with Crippen molar-refractivity contribution in [1.29, 1.82) is 0 Å². The molecule has 0 aromatic heterocycles. The van der Waals surface area contributed by atoms with Gasteiger partial charge in [-0.15, -0.1) is 0 Å². The monoisotopic (exact) mass is 375 g/mol. The second-order valence-corrected chi connectivity index (χ2v) is 7.69. The van der Waals surface area contributed by atoms with Crippen molar-refractivity contribution < 1.29 is 25.2 Å². The highest BCUT2D eigenvalue weighted by Gasteiger charge is 2.42. The largest absolute Gasteiger partial charge is 0.394 e. The summed E-state index contributed by atoms with van der Waals surface area (Å²) in [6.07, 6.45) is 10.5. The van der Waals surface area contributed by atoms with Crippen LogP contribution in [0.3, 0.4) is 0 Å². The van der Waals surface area contributed by atoms with Gasteiger partial charge in [0.15, 0.2) is 0 Å². The summed E-state index contributed by atoms with van der Waals surface area (Å²) in [7, 11) is 0. The third-order valence-electron chi connectivity index (χ3n) is 5.43. The lowest BCUT2D eigenvalue weighted by Crippen LogP contribution is -2.58. The molecule has 6 heteroatoms. The van der Waals surface area contributed by atoms with Gasteiger partial charge in [-0.3, -0.25) is 0 Å². The van der Waals surface area contributed by atoms with E-state index in [0.717, 1.165) is 25.8 Å². The van der Waals surface area contributed by atoms with E-state index in [-0.39, 0.29) is 6.61 Å². The van der Waals surface area contributed by atoms with Gasteiger partial charge in [0, 0.05) is 0 Å². The summed E-state index contributed by atoms with van der Waals surface area (Å²) >= 11 is 0. The third kappa shape index (κ3) is 9.11. The molecule has 0 radical (unpaired) electrons. The maximum atomic E-state index is 9.99. The molecule has 26 heavy (non-hydrogen) atoms. The van der Waals surface area contributed by atoms with Crippen molar-refractivity contribution >= 4 is 0 Å². The topological polar surface area (TPSA) is 116 Å². The second-order valence-electron chi connectivity index (χ2n) is 7.69. The van der Waals surface area contributed by atoms with Crippen LogP contribution in [0.4, 0.5) is 0 Å². The molecule has 0 amide bonds. The van der Waals surface area contributed by atoms with Crippen molar-refractivity contribution in [1.82, 2.24) is 0 Å². The smallest absolute Gasteiger partial charge is 0.111 e. The van der Waals surface area contributed by atoms with E-state index in [4.69, 9.17) is 10.5 Å². The molecule has 6 N–H and O–H groups in total. The lowest BCUT2D eigenvalue weighted by molar-refractivity contribution is -0.230. The lowest BCUT2D eigenvalue weighted by Gasteiger charge is -2.40. The Morgan fingerprint density at radius 2 is 1.00 bits per heavy atom. The number of hydrogen-bond donors (Lipinski definition) is 5. The predicted molar refractivity (Wildman–Crippen MR) is 103 cm³/mol. The Labute approximate surface area is 158 Å². The minimum absolute atomic E-state index is 0.353. The Morgan fingerprint density at radius 1 is 0.577 bits per heavy atom. The summed E-state index contributed by atoms with van der Waals surface area (Å²) in [5.74, 6) is 0. The molecule has 0 aromatic rings. The van der Waals surface area contributed by atoms with Gasteiger partial charge in [0.1, 0.15) is 24.4 Å². The van der Waals surface area contributed by atoms with Crippen molar-refractivity contribution in [2.24, 2.45) is 5.73 Å². The fourth-order valence-corrected chi connectivity index (χ4v) is 3.67. The molecule has 6 nitrogen and oxygen atoms in total. The Morgan fingerprint density at radius 3 is 1.46 bits per heavy atom. The number of rotatable bonds is 15. The molecule has 0 aliphatic carbocycles. The Bertz CT molecular complexity index is 329. The Balaban J connectivity index is 1.95. The fourth-order valence-electron chi connectivity index (χ4n) is 3.67. The van der Waals surface area contributed by atoms with Gasteiger partial charge in [0.2, 0.25) is 0 Å². The summed E-state index contributed by atoms with van der Waals surface area (Å²) in [5, 5.41) is 38.7. The Kier molecular flexibility index (Phi) is 13.5. The van der Waals surface area contributed by atoms with E-state index >= 15 is 0 Å². The van der Waals surface area contributed by atoms with Gasteiger partial charge in [0.05, 0.1) is 12.7 Å². The number of aliphatic hydroxyl groups excluding tert-OH is 4. The van der Waals surface area contributed by atoms with Gasteiger partial charge < -0.3 is 30.9 Å². The third-order valence-corrected chi connectivity index (χ3v) is 5.43. The zero-order valence-corrected chi connectivity index (χ0v) is 16.3. The van der Waals surface area contributed by atoms with Crippen molar-refractivity contribution in [2.45, 2.75) is 114 Å². The van der Waals surface area contributed by atoms with Gasteiger partial charge in [-0.1, -0.05) is 70.6 Å². The molecule has 0 bridgehead atoms. The van der Waals surface area contributed by atoms with Gasteiger partial charge in [-0.25, -0.2) is 0 Å². The predicted octanol–water partition coefficient (Wildman–Crippen LogP) is 1.86. The van der Waals surface area contributed by atoms with Crippen molar-refractivity contribution in [3.05, 3.63) is 0 Å².